The van der Waals surface area contributed by atoms with Crippen molar-refractivity contribution in [2.75, 3.05) is 13.2 Å². The van der Waals surface area contributed by atoms with Crippen LogP contribution in [0, 0.1) is 11.7 Å². The number of halogens is 1. The van der Waals surface area contributed by atoms with Crippen molar-refractivity contribution in [2.24, 2.45) is 5.92 Å². The lowest BCUT2D eigenvalue weighted by Crippen LogP contribution is -2.32. The van der Waals surface area contributed by atoms with E-state index in [1.165, 1.54) is 12.1 Å². The highest BCUT2D eigenvalue weighted by molar-refractivity contribution is 5.83. The molecule has 1 heterocycles. The van der Waals surface area contributed by atoms with Crippen LogP contribution in [0.2, 0.25) is 0 Å². The number of amides is 1. The van der Waals surface area contributed by atoms with Gasteiger partial charge in [-0.05, 0) is 48.1 Å². The van der Waals surface area contributed by atoms with Gasteiger partial charge in [0.1, 0.15) is 11.6 Å². The van der Waals surface area contributed by atoms with E-state index in [4.69, 9.17) is 4.74 Å². The second-order valence-corrected chi connectivity index (χ2v) is 6.55. The highest BCUT2D eigenvalue weighted by atomic mass is 19.1. The topological polar surface area (TPSA) is 71.5 Å². The minimum Gasteiger partial charge on any atom is -0.492 e. The van der Waals surface area contributed by atoms with Crippen molar-refractivity contribution < 1.29 is 19.0 Å². The maximum Gasteiger partial charge on any atom is 0.224 e. The first-order chi connectivity index (χ1) is 12.6. The van der Waals surface area contributed by atoms with Crippen molar-refractivity contribution in [1.29, 1.82) is 0 Å². The molecule has 1 aromatic heterocycles. The van der Waals surface area contributed by atoms with E-state index in [2.05, 4.69) is 10.3 Å². The first-order valence-corrected chi connectivity index (χ1v) is 8.86. The van der Waals surface area contributed by atoms with Crippen molar-refractivity contribution in [1.82, 2.24) is 10.3 Å². The molecule has 0 aliphatic heterocycles. The van der Waals surface area contributed by atoms with Crippen molar-refractivity contribution in [2.45, 2.75) is 31.7 Å². The number of hydrogen-bond acceptors (Lipinski definition) is 4. The third-order valence-corrected chi connectivity index (χ3v) is 4.53. The van der Waals surface area contributed by atoms with Crippen molar-refractivity contribution in [3.05, 3.63) is 59.7 Å². The van der Waals surface area contributed by atoms with Crippen LogP contribution in [0.25, 0.3) is 0 Å². The number of aliphatic hydroxyl groups excluding tert-OH is 1. The Morgan fingerprint density at radius 2 is 2.15 bits per heavy atom. The van der Waals surface area contributed by atoms with Crippen molar-refractivity contribution >= 4 is 5.91 Å². The van der Waals surface area contributed by atoms with Gasteiger partial charge in [-0.3, -0.25) is 9.78 Å². The predicted octanol–water partition coefficient (Wildman–Crippen LogP) is 2.96. The first kappa shape index (κ1) is 18.3. The molecule has 1 aliphatic carbocycles. The fourth-order valence-corrected chi connectivity index (χ4v) is 3.00. The molecule has 1 aromatic carbocycles. The summed E-state index contributed by atoms with van der Waals surface area (Å²) in [5.74, 6) is 0.175. The van der Waals surface area contributed by atoms with Crippen LogP contribution in [-0.4, -0.2) is 29.2 Å². The van der Waals surface area contributed by atoms with E-state index in [1.54, 1.807) is 30.6 Å². The van der Waals surface area contributed by atoms with Crippen LogP contribution in [0.15, 0.2) is 42.7 Å². The van der Waals surface area contributed by atoms with Gasteiger partial charge >= 0.3 is 0 Å². The minimum absolute atomic E-state index is 0.104. The number of carbonyl (C=O) groups is 1. The highest BCUT2D eigenvalue weighted by Gasteiger charge is 2.44. The Hall–Kier alpha value is -2.47. The standard InChI is InChI=1S/C20H23FN2O3/c1-2-7-26-16-8-14(10-22-11-16)19(12-24)23-20(25)18-9-17(18)13-3-5-15(21)6-4-13/h3-6,8,10-11,17-19,24H,2,7,9,12H2,1H3,(H,23,25)/t17-,18+,19+/m1/s1. The molecule has 0 bridgehead atoms. The van der Waals surface area contributed by atoms with Gasteiger partial charge in [-0.15, -0.1) is 0 Å². The van der Waals surface area contributed by atoms with Gasteiger partial charge in [0.15, 0.2) is 0 Å². The fourth-order valence-electron chi connectivity index (χ4n) is 3.00. The maximum atomic E-state index is 13.0. The highest BCUT2D eigenvalue weighted by Crippen LogP contribution is 2.47. The SMILES string of the molecule is CCCOc1cncc([C@H](CO)NC(=O)[C@H]2C[C@@H]2c2ccc(F)cc2)c1. The number of ether oxygens (including phenoxy) is 1. The van der Waals surface area contributed by atoms with Crippen LogP contribution < -0.4 is 10.1 Å². The second-order valence-electron chi connectivity index (χ2n) is 6.55. The largest absolute Gasteiger partial charge is 0.492 e. The summed E-state index contributed by atoms with van der Waals surface area (Å²) in [4.78, 5) is 16.6. The summed E-state index contributed by atoms with van der Waals surface area (Å²) in [5.41, 5.74) is 1.66. The molecule has 138 valence electrons. The van der Waals surface area contributed by atoms with Crippen LogP contribution in [0.4, 0.5) is 4.39 Å². The number of nitrogens with one attached hydrogen (secondary N) is 1. The van der Waals surface area contributed by atoms with Crippen LogP contribution in [-0.2, 0) is 4.79 Å². The number of pyridine rings is 1. The molecule has 3 atom stereocenters. The molecule has 3 rings (SSSR count). The van der Waals surface area contributed by atoms with Gasteiger partial charge in [-0.2, -0.15) is 0 Å². The molecule has 0 saturated heterocycles. The van der Waals surface area contributed by atoms with Crippen molar-refractivity contribution in [3.63, 3.8) is 0 Å². The van der Waals surface area contributed by atoms with Gasteiger partial charge in [0.25, 0.3) is 0 Å². The van der Waals surface area contributed by atoms with E-state index < -0.39 is 6.04 Å². The zero-order valence-electron chi connectivity index (χ0n) is 14.7. The molecule has 0 radical (unpaired) electrons. The fraction of sp³-hybridized carbons (Fsp3) is 0.400. The summed E-state index contributed by atoms with van der Waals surface area (Å²) in [6.07, 6.45) is 4.84. The van der Waals surface area contributed by atoms with Gasteiger partial charge < -0.3 is 15.2 Å². The molecular formula is C20H23FN2O3. The number of aliphatic hydroxyl groups is 1. The number of aromatic nitrogens is 1. The lowest BCUT2D eigenvalue weighted by atomic mass is 10.1. The Kier molecular flexibility index (Phi) is 5.83. The average Bonchev–Trinajstić information content (AvgIpc) is 3.46. The van der Waals surface area contributed by atoms with Crippen LogP contribution >= 0.6 is 0 Å². The summed E-state index contributed by atoms with van der Waals surface area (Å²) in [6.45, 7) is 2.38. The lowest BCUT2D eigenvalue weighted by Gasteiger charge is -2.17. The molecular weight excluding hydrogens is 335 g/mol. The predicted molar refractivity (Wildman–Crippen MR) is 95.2 cm³/mol. The van der Waals surface area contributed by atoms with E-state index in [9.17, 15) is 14.3 Å². The molecule has 2 N–H and O–H groups in total. The molecule has 6 heteroatoms. The van der Waals surface area contributed by atoms with Crippen LogP contribution in [0.3, 0.4) is 0 Å². The Morgan fingerprint density at radius 1 is 1.38 bits per heavy atom. The minimum atomic E-state index is -0.533. The summed E-state index contributed by atoms with van der Waals surface area (Å²) < 4.78 is 18.6. The number of hydrogen-bond donors (Lipinski definition) is 2. The maximum absolute atomic E-state index is 13.0. The van der Waals surface area contributed by atoms with E-state index in [0.717, 1.165) is 18.4 Å². The quantitative estimate of drug-likeness (QED) is 0.761. The van der Waals surface area contributed by atoms with Crippen LogP contribution in [0.1, 0.15) is 42.9 Å². The molecule has 1 aliphatic rings. The lowest BCUT2D eigenvalue weighted by molar-refractivity contribution is -0.123. The van der Waals surface area contributed by atoms with E-state index in [-0.39, 0.29) is 30.2 Å². The molecule has 1 amide bonds. The Balaban J connectivity index is 1.61. The Bertz CT molecular complexity index is 751. The smallest absolute Gasteiger partial charge is 0.224 e. The van der Waals surface area contributed by atoms with E-state index in [1.807, 2.05) is 6.92 Å². The summed E-state index contributed by atoms with van der Waals surface area (Å²) in [7, 11) is 0. The van der Waals surface area contributed by atoms with Crippen LogP contribution in [0.5, 0.6) is 5.75 Å². The summed E-state index contributed by atoms with van der Waals surface area (Å²) in [5, 5.41) is 12.6. The number of benzene rings is 1. The zero-order chi connectivity index (χ0) is 18.5. The number of rotatable bonds is 8. The number of carbonyl (C=O) groups excluding carboxylic acids is 1. The van der Waals surface area contributed by atoms with Crippen molar-refractivity contribution in [3.8, 4) is 5.75 Å². The first-order valence-electron chi connectivity index (χ1n) is 8.86. The van der Waals surface area contributed by atoms with E-state index in [0.29, 0.717) is 17.9 Å². The number of nitrogens with zero attached hydrogens (tertiary/aromatic N) is 1. The zero-order valence-corrected chi connectivity index (χ0v) is 14.7. The van der Waals surface area contributed by atoms with Gasteiger partial charge in [0, 0.05) is 12.1 Å². The molecule has 5 nitrogen and oxygen atoms in total. The monoisotopic (exact) mass is 358 g/mol. The molecule has 0 unspecified atom stereocenters. The third kappa shape index (κ3) is 4.38. The average molecular weight is 358 g/mol. The molecule has 0 spiro atoms. The Morgan fingerprint density at radius 3 is 2.85 bits per heavy atom. The molecule has 1 saturated carbocycles. The molecule has 1 fully saturated rings. The van der Waals surface area contributed by atoms with Gasteiger partial charge in [-0.1, -0.05) is 19.1 Å². The summed E-state index contributed by atoms with van der Waals surface area (Å²) >= 11 is 0. The van der Waals surface area contributed by atoms with Gasteiger partial charge in [-0.25, -0.2) is 4.39 Å². The second kappa shape index (κ2) is 8.27. The van der Waals surface area contributed by atoms with E-state index >= 15 is 0 Å². The molecule has 2 aromatic rings. The molecule has 26 heavy (non-hydrogen) atoms. The summed E-state index contributed by atoms with van der Waals surface area (Å²) in [6, 6.07) is 7.51. The third-order valence-electron chi connectivity index (χ3n) is 4.53. The normalized spacial score (nSPS) is 19.7. The van der Waals surface area contributed by atoms with Gasteiger partial charge in [0.05, 0.1) is 25.5 Å². The van der Waals surface area contributed by atoms with Gasteiger partial charge in [0.2, 0.25) is 5.91 Å². The Labute approximate surface area is 152 Å².